The molecule has 0 radical (unpaired) electrons. The van der Waals surface area contributed by atoms with Crippen molar-refractivity contribution in [2.75, 3.05) is 13.2 Å². The van der Waals surface area contributed by atoms with E-state index in [0.717, 1.165) is 16.5 Å². The number of hydrogen-bond donors (Lipinski definition) is 8. The van der Waals surface area contributed by atoms with Gasteiger partial charge in [0.05, 0.1) is 12.6 Å². The third kappa shape index (κ3) is 7.56. The Morgan fingerprint density at radius 2 is 1.68 bits per heavy atom. The Morgan fingerprint density at radius 3 is 2.32 bits per heavy atom. The molecular formula is C21H28N6O7. The molecule has 0 saturated heterocycles. The summed E-state index contributed by atoms with van der Waals surface area (Å²) >= 11 is 0. The number of nitrogens with two attached hydrogens (primary N) is 2. The lowest BCUT2D eigenvalue weighted by Crippen LogP contribution is -2.57. The van der Waals surface area contributed by atoms with Gasteiger partial charge in [-0.25, -0.2) is 0 Å². The number of aromatic amines is 1. The van der Waals surface area contributed by atoms with E-state index < -0.39 is 60.9 Å². The van der Waals surface area contributed by atoms with Crippen LogP contribution in [0, 0.1) is 0 Å². The monoisotopic (exact) mass is 476 g/mol. The average molecular weight is 476 g/mol. The molecule has 3 atom stereocenters. The van der Waals surface area contributed by atoms with Crippen LogP contribution >= 0.6 is 0 Å². The Morgan fingerprint density at radius 1 is 1.00 bits per heavy atom. The van der Waals surface area contributed by atoms with Crippen LogP contribution in [0.2, 0.25) is 0 Å². The first-order valence-electron chi connectivity index (χ1n) is 10.4. The van der Waals surface area contributed by atoms with Gasteiger partial charge in [-0.2, -0.15) is 0 Å². The highest BCUT2D eigenvalue weighted by Crippen LogP contribution is 2.18. The van der Waals surface area contributed by atoms with Crippen LogP contribution in [0.5, 0.6) is 0 Å². The van der Waals surface area contributed by atoms with Gasteiger partial charge in [0.1, 0.15) is 18.6 Å². The van der Waals surface area contributed by atoms with E-state index in [-0.39, 0.29) is 19.3 Å². The number of carboxylic acids is 1. The number of rotatable bonds is 13. The van der Waals surface area contributed by atoms with Crippen LogP contribution in [0.25, 0.3) is 10.9 Å². The minimum atomic E-state index is -1.47. The Labute approximate surface area is 194 Å². The van der Waals surface area contributed by atoms with E-state index in [0.29, 0.717) is 0 Å². The van der Waals surface area contributed by atoms with Gasteiger partial charge in [0, 0.05) is 23.5 Å². The van der Waals surface area contributed by atoms with Crippen molar-refractivity contribution >= 4 is 40.5 Å². The molecule has 2 rings (SSSR count). The van der Waals surface area contributed by atoms with Crippen molar-refractivity contribution < 1.29 is 34.2 Å². The number of carbonyl (C=O) groups excluding carboxylic acids is 4. The molecular weight excluding hydrogens is 448 g/mol. The van der Waals surface area contributed by atoms with Crippen molar-refractivity contribution in [1.82, 2.24) is 20.9 Å². The van der Waals surface area contributed by atoms with Gasteiger partial charge in [-0.15, -0.1) is 0 Å². The highest BCUT2D eigenvalue weighted by molar-refractivity contribution is 5.94. The van der Waals surface area contributed by atoms with E-state index in [2.05, 4.69) is 15.6 Å². The number of primary amides is 1. The summed E-state index contributed by atoms with van der Waals surface area (Å²) in [5, 5.41) is 25.6. The first kappa shape index (κ1) is 26.3. The van der Waals surface area contributed by atoms with Crippen molar-refractivity contribution in [3.63, 3.8) is 0 Å². The number of H-pyrrole nitrogens is 1. The van der Waals surface area contributed by atoms with Gasteiger partial charge < -0.3 is 42.6 Å². The number of aliphatic hydroxyl groups is 1. The number of nitrogens with one attached hydrogen (secondary N) is 4. The van der Waals surface area contributed by atoms with Crippen molar-refractivity contribution in [2.24, 2.45) is 11.5 Å². The van der Waals surface area contributed by atoms with Gasteiger partial charge >= 0.3 is 5.97 Å². The van der Waals surface area contributed by atoms with E-state index in [9.17, 15) is 29.1 Å². The second-order valence-electron chi connectivity index (χ2n) is 7.59. The van der Waals surface area contributed by atoms with Crippen molar-refractivity contribution in [3.8, 4) is 0 Å². The minimum Gasteiger partial charge on any atom is -0.480 e. The first-order chi connectivity index (χ1) is 16.1. The molecule has 0 spiro atoms. The molecule has 0 saturated carbocycles. The van der Waals surface area contributed by atoms with Crippen LogP contribution in [0.3, 0.4) is 0 Å². The predicted octanol–water partition coefficient (Wildman–Crippen LogP) is -2.53. The van der Waals surface area contributed by atoms with Crippen molar-refractivity contribution in [3.05, 3.63) is 36.0 Å². The van der Waals surface area contributed by atoms with Crippen LogP contribution in [-0.4, -0.2) is 76.1 Å². The first-order valence-corrected chi connectivity index (χ1v) is 10.4. The smallest absolute Gasteiger partial charge is 0.322 e. The lowest BCUT2D eigenvalue weighted by atomic mass is 10.0. The Balaban J connectivity index is 2.05. The number of aromatic nitrogens is 1. The number of amides is 4. The van der Waals surface area contributed by atoms with E-state index in [1.807, 2.05) is 29.6 Å². The van der Waals surface area contributed by atoms with E-state index in [1.54, 1.807) is 6.20 Å². The zero-order valence-electron chi connectivity index (χ0n) is 18.2. The topological polar surface area (TPSA) is 230 Å². The summed E-state index contributed by atoms with van der Waals surface area (Å²) in [5.41, 5.74) is 12.9. The predicted molar refractivity (Wildman–Crippen MR) is 120 cm³/mol. The third-order valence-electron chi connectivity index (χ3n) is 4.99. The Hall–Kier alpha value is -3.97. The van der Waals surface area contributed by atoms with Crippen molar-refractivity contribution in [1.29, 1.82) is 0 Å². The Bertz CT molecular complexity index is 1050. The number of carbonyl (C=O) groups is 5. The lowest BCUT2D eigenvalue weighted by Gasteiger charge is -2.23. The molecule has 1 aromatic carbocycles. The maximum absolute atomic E-state index is 12.7. The van der Waals surface area contributed by atoms with Gasteiger partial charge in [0.25, 0.3) is 0 Å². The molecule has 184 valence electrons. The van der Waals surface area contributed by atoms with Crippen LogP contribution in [0.1, 0.15) is 18.4 Å². The highest BCUT2D eigenvalue weighted by atomic mass is 16.4. The summed E-state index contributed by atoms with van der Waals surface area (Å²) in [6.07, 6.45) is 1.47. The number of carboxylic acid groups (broad SMARTS) is 1. The molecule has 2 aromatic rings. The molecule has 1 heterocycles. The number of para-hydroxylation sites is 1. The number of fused-ring (bicyclic) bond motifs is 1. The molecule has 1 aromatic heterocycles. The second-order valence-corrected chi connectivity index (χ2v) is 7.59. The molecule has 0 bridgehead atoms. The molecule has 0 aliphatic rings. The molecule has 3 unspecified atom stereocenters. The molecule has 34 heavy (non-hydrogen) atoms. The minimum absolute atomic E-state index is 0.164. The van der Waals surface area contributed by atoms with Crippen LogP contribution < -0.4 is 27.4 Å². The van der Waals surface area contributed by atoms with Crippen LogP contribution in [-0.2, 0) is 30.4 Å². The van der Waals surface area contributed by atoms with Gasteiger partial charge in [-0.05, 0) is 24.5 Å². The zero-order chi connectivity index (χ0) is 25.3. The lowest BCUT2D eigenvalue weighted by molar-refractivity contribution is -0.139. The maximum atomic E-state index is 12.7. The number of hydrogen-bond acceptors (Lipinski definition) is 7. The molecule has 13 heteroatoms. The fraction of sp³-hybridized carbons (Fsp3) is 0.381. The normalized spacial score (nSPS) is 13.5. The van der Waals surface area contributed by atoms with Gasteiger partial charge in [0.2, 0.25) is 23.6 Å². The molecule has 0 fully saturated rings. The van der Waals surface area contributed by atoms with Crippen molar-refractivity contribution in [2.45, 2.75) is 37.4 Å². The largest absolute Gasteiger partial charge is 0.480 e. The number of aliphatic hydroxyl groups excluding tert-OH is 1. The standard InChI is InChI=1S/C21H28N6O7/c22-13(7-11-8-24-14-4-2-1-3-12(11)14)19(32)26-15(5-6-17(23)29)21(34)27-16(10-28)20(33)25-9-18(30)31/h1-4,8,13,15-16,24,28H,5-7,9-10,22H2,(H2,23,29)(H,25,33)(H,26,32)(H,27,34)(H,30,31). The summed E-state index contributed by atoms with van der Waals surface area (Å²) in [5.74, 6) is -4.52. The number of aliphatic carboxylic acids is 1. The van der Waals surface area contributed by atoms with E-state index in [4.69, 9.17) is 16.6 Å². The summed E-state index contributed by atoms with van der Waals surface area (Å²) in [6, 6.07) is 3.67. The van der Waals surface area contributed by atoms with Crippen LogP contribution in [0.15, 0.2) is 30.5 Å². The van der Waals surface area contributed by atoms with E-state index >= 15 is 0 Å². The highest BCUT2D eigenvalue weighted by Gasteiger charge is 2.28. The second kappa shape index (κ2) is 12.3. The summed E-state index contributed by atoms with van der Waals surface area (Å²) in [4.78, 5) is 62.2. The summed E-state index contributed by atoms with van der Waals surface area (Å²) in [7, 11) is 0. The summed E-state index contributed by atoms with van der Waals surface area (Å²) < 4.78 is 0. The average Bonchev–Trinajstić information content (AvgIpc) is 3.20. The fourth-order valence-electron chi connectivity index (χ4n) is 3.22. The third-order valence-corrected chi connectivity index (χ3v) is 4.99. The van der Waals surface area contributed by atoms with Crippen LogP contribution in [0.4, 0.5) is 0 Å². The van der Waals surface area contributed by atoms with Gasteiger partial charge in [0.15, 0.2) is 0 Å². The SMILES string of the molecule is NC(=O)CCC(NC(=O)C(N)Cc1c[nH]c2ccccc12)C(=O)NC(CO)C(=O)NCC(=O)O. The molecule has 0 aliphatic carbocycles. The molecule has 4 amide bonds. The van der Waals surface area contributed by atoms with Gasteiger partial charge in [-0.3, -0.25) is 24.0 Å². The maximum Gasteiger partial charge on any atom is 0.322 e. The quantitative estimate of drug-likeness (QED) is 0.153. The molecule has 0 aliphatic heterocycles. The molecule has 10 N–H and O–H groups in total. The summed E-state index contributed by atoms with van der Waals surface area (Å²) in [6.45, 7) is -1.54. The zero-order valence-corrected chi connectivity index (χ0v) is 18.2. The van der Waals surface area contributed by atoms with Gasteiger partial charge in [-0.1, -0.05) is 18.2 Å². The fourth-order valence-corrected chi connectivity index (χ4v) is 3.22. The Kier molecular flexibility index (Phi) is 9.52. The van der Waals surface area contributed by atoms with E-state index in [1.165, 1.54) is 0 Å². The molecule has 13 nitrogen and oxygen atoms in total. The number of benzene rings is 1.